The van der Waals surface area contributed by atoms with Crippen LogP contribution in [0.4, 0.5) is 4.79 Å². The molecular weight excluding hydrogens is 228 g/mol. The second-order valence-corrected chi connectivity index (χ2v) is 3.96. The number of carboxylic acids is 1. The highest BCUT2D eigenvalue weighted by Gasteiger charge is 2.32. The number of carbonyl (C=O) groups excluding carboxylic acids is 2. The fourth-order valence-corrected chi connectivity index (χ4v) is 1.33. The number of amides is 2. The summed E-state index contributed by atoms with van der Waals surface area (Å²) in [7, 11) is 2.77. The van der Waals surface area contributed by atoms with Gasteiger partial charge in [0.1, 0.15) is 6.04 Å². The molecule has 0 bridgehead atoms. The number of nitrogens with zero attached hydrogens (tertiary/aromatic N) is 1. The molecule has 1 saturated carbocycles. The maximum absolute atomic E-state index is 11.6. The van der Waals surface area contributed by atoms with Crippen LogP contribution in [0.5, 0.6) is 0 Å². The number of aliphatic carboxylic acids is 1. The Morgan fingerprint density at radius 2 is 2.06 bits per heavy atom. The highest BCUT2D eigenvalue weighted by molar-refractivity contribution is 5.86. The van der Waals surface area contributed by atoms with Crippen LogP contribution in [0.1, 0.15) is 19.3 Å². The number of urea groups is 1. The van der Waals surface area contributed by atoms with Gasteiger partial charge in [0.15, 0.2) is 0 Å². The number of esters is 1. The van der Waals surface area contributed by atoms with Crippen LogP contribution in [0.3, 0.4) is 0 Å². The SMILES string of the molecule is COC(=O)C[C@H](NC(=O)N(C)C1CC1)C(=O)O. The number of ether oxygens (including phenoxy) is 1. The molecule has 1 fully saturated rings. The molecule has 0 aromatic rings. The maximum Gasteiger partial charge on any atom is 0.326 e. The topological polar surface area (TPSA) is 95.9 Å². The van der Waals surface area contributed by atoms with Crippen LogP contribution in [-0.2, 0) is 14.3 Å². The highest BCUT2D eigenvalue weighted by atomic mass is 16.5. The molecule has 2 amide bonds. The second kappa shape index (κ2) is 5.51. The van der Waals surface area contributed by atoms with Gasteiger partial charge in [-0.3, -0.25) is 4.79 Å². The van der Waals surface area contributed by atoms with Crippen LogP contribution in [-0.4, -0.2) is 54.2 Å². The van der Waals surface area contributed by atoms with Crippen molar-refractivity contribution in [3.63, 3.8) is 0 Å². The van der Waals surface area contributed by atoms with Gasteiger partial charge >= 0.3 is 18.0 Å². The van der Waals surface area contributed by atoms with Gasteiger partial charge in [0.2, 0.25) is 0 Å². The minimum Gasteiger partial charge on any atom is -0.480 e. The lowest BCUT2D eigenvalue weighted by atomic mass is 10.2. The minimum absolute atomic E-state index is 0.183. The van der Waals surface area contributed by atoms with E-state index in [9.17, 15) is 14.4 Å². The monoisotopic (exact) mass is 244 g/mol. The molecule has 7 heteroatoms. The molecule has 0 spiro atoms. The van der Waals surface area contributed by atoms with Gasteiger partial charge in [-0.2, -0.15) is 0 Å². The van der Waals surface area contributed by atoms with Gasteiger partial charge in [0.25, 0.3) is 0 Å². The molecule has 0 aromatic heterocycles. The normalized spacial score (nSPS) is 15.9. The molecule has 17 heavy (non-hydrogen) atoms. The van der Waals surface area contributed by atoms with E-state index in [4.69, 9.17) is 5.11 Å². The zero-order valence-electron chi connectivity index (χ0n) is 9.80. The van der Waals surface area contributed by atoms with Gasteiger partial charge in [-0.1, -0.05) is 0 Å². The molecule has 1 atom stereocenters. The average molecular weight is 244 g/mol. The molecule has 0 heterocycles. The van der Waals surface area contributed by atoms with Crippen LogP contribution in [0, 0.1) is 0 Å². The molecule has 2 N–H and O–H groups in total. The van der Waals surface area contributed by atoms with Gasteiger partial charge in [0, 0.05) is 13.1 Å². The van der Waals surface area contributed by atoms with Crippen LogP contribution in [0.25, 0.3) is 0 Å². The first-order valence-corrected chi connectivity index (χ1v) is 5.28. The Hall–Kier alpha value is -1.79. The summed E-state index contributed by atoms with van der Waals surface area (Å²) in [5, 5.41) is 11.2. The Balaban J connectivity index is 2.50. The Kier molecular flexibility index (Phi) is 4.30. The summed E-state index contributed by atoms with van der Waals surface area (Å²) in [4.78, 5) is 34.9. The van der Waals surface area contributed by atoms with Crippen molar-refractivity contribution in [2.75, 3.05) is 14.2 Å². The Morgan fingerprint density at radius 1 is 1.47 bits per heavy atom. The lowest BCUT2D eigenvalue weighted by Crippen LogP contribution is -2.48. The first kappa shape index (κ1) is 13.3. The molecular formula is C10H16N2O5. The third-order valence-corrected chi connectivity index (χ3v) is 2.61. The summed E-state index contributed by atoms with van der Waals surface area (Å²) in [5.41, 5.74) is 0. The van der Waals surface area contributed by atoms with Crippen molar-refractivity contribution in [2.24, 2.45) is 0 Å². The number of hydrogen-bond donors (Lipinski definition) is 2. The van der Waals surface area contributed by atoms with Gasteiger partial charge < -0.3 is 20.1 Å². The molecule has 0 radical (unpaired) electrons. The molecule has 7 nitrogen and oxygen atoms in total. The van der Waals surface area contributed by atoms with E-state index in [1.54, 1.807) is 7.05 Å². The maximum atomic E-state index is 11.6. The van der Waals surface area contributed by atoms with E-state index in [1.807, 2.05) is 0 Å². The number of nitrogens with one attached hydrogen (secondary N) is 1. The zero-order valence-corrected chi connectivity index (χ0v) is 9.80. The molecule has 96 valence electrons. The van der Waals surface area contributed by atoms with Gasteiger partial charge in [0.05, 0.1) is 13.5 Å². The van der Waals surface area contributed by atoms with Crippen LogP contribution in [0.15, 0.2) is 0 Å². The third kappa shape index (κ3) is 3.93. The predicted molar refractivity (Wildman–Crippen MR) is 57.4 cm³/mol. The number of carboxylic acid groups (broad SMARTS) is 1. The molecule has 0 aromatic carbocycles. The summed E-state index contributed by atoms with van der Waals surface area (Å²) < 4.78 is 4.37. The fraction of sp³-hybridized carbons (Fsp3) is 0.700. The zero-order chi connectivity index (χ0) is 13.0. The van der Waals surface area contributed by atoms with Crippen LogP contribution in [0.2, 0.25) is 0 Å². The van der Waals surface area contributed by atoms with Gasteiger partial charge in [-0.15, -0.1) is 0 Å². The van der Waals surface area contributed by atoms with E-state index < -0.39 is 24.0 Å². The first-order valence-electron chi connectivity index (χ1n) is 5.28. The van der Waals surface area contributed by atoms with E-state index in [0.717, 1.165) is 12.8 Å². The van der Waals surface area contributed by atoms with Crippen LogP contribution >= 0.6 is 0 Å². The standard InChI is InChI=1S/C10H16N2O5/c1-12(6-3-4-6)10(16)11-7(9(14)15)5-8(13)17-2/h6-7H,3-5H2,1-2H3,(H,11,16)(H,14,15)/t7-/m0/s1. The summed E-state index contributed by atoms with van der Waals surface area (Å²) in [6, 6.07) is -1.55. The number of methoxy groups -OCH3 is 1. The summed E-state index contributed by atoms with van der Waals surface area (Å²) in [6.07, 6.45) is 1.48. The summed E-state index contributed by atoms with van der Waals surface area (Å²) >= 11 is 0. The summed E-state index contributed by atoms with van der Waals surface area (Å²) in [6.45, 7) is 0. The quantitative estimate of drug-likeness (QED) is 0.653. The lowest BCUT2D eigenvalue weighted by molar-refractivity contribution is -0.147. The average Bonchev–Trinajstić information content (AvgIpc) is 3.10. The second-order valence-electron chi connectivity index (χ2n) is 3.96. The highest BCUT2D eigenvalue weighted by Crippen LogP contribution is 2.25. The Bertz CT molecular complexity index is 327. The van der Waals surface area contributed by atoms with E-state index in [-0.39, 0.29) is 12.5 Å². The number of rotatable bonds is 5. The van der Waals surface area contributed by atoms with E-state index in [1.165, 1.54) is 12.0 Å². The van der Waals surface area contributed by atoms with Crippen molar-refractivity contribution in [1.82, 2.24) is 10.2 Å². The van der Waals surface area contributed by atoms with Crippen LogP contribution < -0.4 is 5.32 Å². The van der Waals surface area contributed by atoms with Crippen molar-refractivity contribution >= 4 is 18.0 Å². The third-order valence-electron chi connectivity index (χ3n) is 2.61. The first-order chi connectivity index (χ1) is 7.95. The fourth-order valence-electron chi connectivity index (χ4n) is 1.33. The number of hydrogen-bond acceptors (Lipinski definition) is 4. The van der Waals surface area contributed by atoms with Crippen molar-refractivity contribution in [3.05, 3.63) is 0 Å². The number of carbonyl (C=O) groups is 3. The smallest absolute Gasteiger partial charge is 0.326 e. The molecule has 1 rings (SSSR count). The lowest BCUT2D eigenvalue weighted by Gasteiger charge is -2.20. The minimum atomic E-state index is -1.26. The molecule has 1 aliphatic carbocycles. The molecule has 0 aliphatic heterocycles. The molecule has 0 unspecified atom stereocenters. The van der Waals surface area contributed by atoms with Crippen molar-refractivity contribution in [1.29, 1.82) is 0 Å². The Labute approximate surface area is 98.7 Å². The van der Waals surface area contributed by atoms with Crippen molar-refractivity contribution < 1.29 is 24.2 Å². The van der Waals surface area contributed by atoms with Crippen molar-refractivity contribution in [2.45, 2.75) is 31.3 Å². The van der Waals surface area contributed by atoms with E-state index >= 15 is 0 Å². The van der Waals surface area contributed by atoms with E-state index in [0.29, 0.717) is 0 Å². The molecule has 0 saturated heterocycles. The summed E-state index contributed by atoms with van der Waals surface area (Å²) in [5.74, 6) is -1.93. The van der Waals surface area contributed by atoms with Gasteiger partial charge in [-0.25, -0.2) is 9.59 Å². The largest absolute Gasteiger partial charge is 0.480 e. The van der Waals surface area contributed by atoms with Gasteiger partial charge in [-0.05, 0) is 12.8 Å². The molecule has 1 aliphatic rings. The van der Waals surface area contributed by atoms with Crippen molar-refractivity contribution in [3.8, 4) is 0 Å². The predicted octanol–water partition coefficient (Wildman–Crippen LogP) is -0.193. The Morgan fingerprint density at radius 3 is 2.47 bits per heavy atom. The van der Waals surface area contributed by atoms with E-state index in [2.05, 4.69) is 10.1 Å².